The van der Waals surface area contributed by atoms with E-state index in [2.05, 4.69) is 22.5 Å². The Kier molecular flexibility index (Phi) is 2.73. The van der Waals surface area contributed by atoms with Crippen LogP contribution in [0, 0.1) is 0 Å². The molecular weight excluding hydrogens is 200 g/mol. The Balaban J connectivity index is 2.04. The Hall–Kier alpha value is -0.710. The highest BCUT2D eigenvalue weighted by Crippen LogP contribution is 2.20. The van der Waals surface area contributed by atoms with E-state index < -0.39 is 0 Å². The van der Waals surface area contributed by atoms with Crippen LogP contribution in [0.3, 0.4) is 0 Å². The summed E-state index contributed by atoms with van der Waals surface area (Å²) in [4.78, 5) is 5.52. The summed E-state index contributed by atoms with van der Waals surface area (Å²) in [5.74, 6) is 0. The number of thiazole rings is 1. The Labute approximate surface area is 85.1 Å². The molecule has 0 saturated carbocycles. The molecule has 2 aromatic rings. The van der Waals surface area contributed by atoms with Crippen LogP contribution in [0.25, 0.3) is 0 Å². The van der Waals surface area contributed by atoms with E-state index in [0.717, 1.165) is 11.4 Å². The first-order chi connectivity index (χ1) is 6.36. The topological polar surface area (TPSA) is 38.9 Å². The van der Waals surface area contributed by atoms with Gasteiger partial charge in [-0.05, 0) is 11.4 Å². The van der Waals surface area contributed by atoms with E-state index in [4.69, 9.17) is 5.73 Å². The lowest BCUT2D eigenvalue weighted by atomic mass is 10.2. The molecule has 0 saturated heterocycles. The van der Waals surface area contributed by atoms with Gasteiger partial charge in [0.15, 0.2) is 0 Å². The van der Waals surface area contributed by atoms with Crippen molar-refractivity contribution in [3.05, 3.63) is 39.0 Å². The molecule has 0 bridgehead atoms. The van der Waals surface area contributed by atoms with Gasteiger partial charge in [0, 0.05) is 22.9 Å². The fraction of sp³-hybridized carbons (Fsp3) is 0.222. The second kappa shape index (κ2) is 4.00. The van der Waals surface area contributed by atoms with Crippen molar-refractivity contribution < 1.29 is 0 Å². The molecule has 13 heavy (non-hydrogen) atoms. The van der Waals surface area contributed by atoms with Crippen LogP contribution in [0.2, 0.25) is 0 Å². The van der Waals surface area contributed by atoms with Gasteiger partial charge in [-0.25, -0.2) is 4.98 Å². The fourth-order valence-corrected chi connectivity index (χ4v) is 2.56. The molecule has 0 amide bonds. The van der Waals surface area contributed by atoms with E-state index in [1.807, 2.05) is 5.38 Å². The van der Waals surface area contributed by atoms with Crippen molar-refractivity contribution in [2.24, 2.45) is 5.73 Å². The molecule has 0 aliphatic heterocycles. The number of aromatic nitrogens is 1. The SMILES string of the molecule is NC(Cc1cccs1)c1nccs1. The Morgan fingerprint density at radius 1 is 1.38 bits per heavy atom. The van der Waals surface area contributed by atoms with E-state index in [1.165, 1.54) is 4.88 Å². The second-order valence-electron chi connectivity index (χ2n) is 2.76. The molecule has 0 spiro atoms. The largest absolute Gasteiger partial charge is 0.322 e. The summed E-state index contributed by atoms with van der Waals surface area (Å²) in [5.41, 5.74) is 5.99. The molecule has 0 aliphatic carbocycles. The predicted octanol–water partition coefficient (Wildman–Crippen LogP) is 2.45. The van der Waals surface area contributed by atoms with Gasteiger partial charge in [0.1, 0.15) is 5.01 Å². The Morgan fingerprint density at radius 3 is 2.92 bits per heavy atom. The van der Waals surface area contributed by atoms with Crippen molar-refractivity contribution in [3.8, 4) is 0 Å². The first-order valence-corrected chi connectivity index (χ1v) is 5.79. The fourth-order valence-electron chi connectivity index (χ4n) is 1.15. The van der Waals surface area contributed by atoms with E-state index >= 15 is 0 Å². The van der Waals surface area contributed by atoms with Gasteiger partial charge < -0.3 is 5.73 Å². The summed E-state index contributed by atoms with van der Waals surface area (Å²) < 4.78 is 0. The lowest BCUT2D eigenvalue weighted by Crippen LogP contribution is -2.12. The molecule has 1 atom stereocenters. The first-order valence-electron chi connectivity index (χ1n) is 4.03. The molecule has 0 aliphatic rings. The van der Waals surface area contributed by atoms with Crippen molar-refractivity contribution in [2.45, 2.75) is 12.5 Å². The molecule has 0 fully saturated rings. The first kappa shape index (κ1) is 8.87. The zero-order chi connectivity index (χ0) is 9.10. The summed E-state index contributed by atoms with van der Waals surface area (Å²) in [6.07, 6.45) is 2.69. The third-order valence-corrected chi connectivity index (χ3v) is 3.58. The van der Waals surface area contributed by atoms with Gasteiger partial charge in [-0.15, -0.1) is 22.7 Å². The maximum absolute atomic E-state index is 5.99. The predicted molar refractivity (Wildman–Crippen MR) is 57.1 cm³/mol. The third kappa shape index (κ3) is 2.15. The van der Waals surface area contributed by atoms with Crippen molar-refractivity contribution in [3.63, 3.8) is 0 Å². The van der Waals surface area contributed by atoms with Gasteiger partial charge in [-0.1, -0.05) is 6.07 Å². The summed E-state index contributed by atoms with van der Waals surface area (Å²) in [5, 5.41) is 5.06. The minimum Gasteiger partial charge on any atom is -0.322 e. The molecule has 0 radical (unpaired) electrons. The minimum absolute atomic E-state index is 0.0543. The molecule has 0 aromatic carbocycles. The summed E-state index contributed by atoms with van der Waals surface area (Å²) in [6, 6.07) is 4.21. The quantitative estimate of drug-likeness (QED) is 0.845. The molecular formula is C9H10N2S2. The Morgan fingerprint density at radius 2 is 2.31 bits per heavy atom. The number of nitrogens with zero attached hydrogens (tertiary/aromatic N) is 1. The molecule has 68 valence electrons. The molecule has 2 N–H and O–H groups in total. The summed E-state index contributed by atoms with van der Waals surface area (Å²) >= 11 is 3.37. The standard InChI is InChI=1S/C9H10N2S2/c10-8(9-11-3-5-13-9)6-7-2-1-4-12-7/h1-5,8H,6,10H2. The highest BCUT2D eigenvalue weighted by atomic mass is 32.1. The van der Waals surface area contributed by atoms with Crippen LogP contribution in [0.5, 0.6) is 0 Å². The van der Waals surface area contributed by atoms with Crippen molar-refractivity contribution in [1.29, 1.82) is 0 Å². The highest BCUT2D eigenvalue weighted by Gasteiger charge is 2.09. The number of hydrogen-bond donors (Lipinski definition) is 1. The normalized spacial score (nSPS) is 13.0. The van der Waals surface area contributed by atoms with Crippen molar-refractivity contribution >= 4 is 22.7 Å². The van der Waals surface area contributed by atoms with E-state index in [0.29, 0.717) is 0 Å². The van der Waals surface area contributed by atoms with Crippen LogP contribution < -0.4 is 5.73 Å². The molecule has 4 heteroatoms. The van der Waals surface area contributed by atoms with E-state index in [1.54, 1.807) is 28.9 Å². The average molecular weight is 210 g/mol. The molecule has 2 nitrogen and oxygen atoms in total. The average Bonchev–Trinajstić information content (AvgIpc) is 2.74. The van der Waals surface area contributed by atoms with Gasteiger partial charge in [-0.3, -0.25) is 0 Å². The summed E-state index contributed by atoms with van der Waals surface area (Å²) in [7, 11) is 0. The summed E-state index contributed by atoms with van der Waals surface area (Å²) in [6.45, 7) is 0. The van der Waals surface area contributed by atoms with Crippen LogP contribution in [-0.4, -0.2) is 4.98 Å². The van der Waals surface area contributed by atoms with Gasteiger partial charge in [0.2, 0.25) is 0 Å². The van der Waals surface area contributed by atoms with Gasteiger partial charge in [0.05, 0.1) is 6.04 Å². The van der Waals surface area contributed by atoms with Gasteiger partial charge in [0.25, 0.3) is 0 Å². The van der Waals surface area contributed by atoms with Crippen molar-refractivity contribution in [2.75, 3.05) is 0 Å². The third-order valence-electron chi connectivity index (χ3n) is 1.77. The van der Waals surface area contributed by atoms with Crippen LogP contribution in [0.1, 0.15) is 15.9 Å². The van der Waals surface area contributed by atoms with E-state index in [-0.39, 0.29) is 6.04 Å². The number of rotatable bonds is 3. The second-order valence-corrected chi connectivity index (χ2v) is 4.72. The molecule has 2 aromatic heterocycles. The molecule has 2 heterocycles. The lowest BCUT2D eigenvalue weighted by Gasteiger charge is -2.05. The Bertz CT molecular complexity index is 340. The zero-order valence-electron chi connectivity index (χ0n) is 7.01. The number of thiophene rings is 1. The van der Waals surface area contributed by atoms with Crippen LogP contribution in [0.15, 0.2) is 29.1 Å². The highest BCUT2D eigenvalue weighted by molar-refractivity contribution is 7.10. The van der Waals surface area contributed by atoms with Crippen LogP contribution in [0.4, 0.5) is 0 Å². The minimum atomic E-state index is 0.0543. The molecule has 2 rings (SSSR count). The maximum atomic E-state index is 5.99. The van der Waals surface area contributed by atoms with Gasteiger partial charge >= 0.3 is 0 Å². The maximum Gasteiger partial charge on any atom is 0.110 e. The smallest absolute Gasteiger partial charge is 0.110 e. The molecule has 1 unspecified atom stereocenters. The van der Waals surface area contributed by atoms with E-state index in [9.17, 15) is 0 Å². The number of nitrogens with two attached hydrogens (primary N) is 1. The van der Waals surface area contributed by atoms with Gasteiger partial charge in [-0.2, -0.15) is 0 Å². The monoisotopic (exact) mass is 210 g/mol. The number of hydrogen-bond acceptors (Lipinski definition) is 4. The van der Waals surface area contributed by atoms with Crippen molar-refractivity contribution in [1.82, 2.24) is 4.98 Å². The van der Waals surface area contributed by atoms with Crippen LogP contribution in [-0.2, 0) is 6.42 Å². The zero-order valence-corrected chi connectivity index (χ0v) is 8.65. The van der Waals surface area contributed by atoms with Crippen LogP contribution >= 0.6 is 22.7 Å². The lowest BCUT2D eigenvalue weighted by molar-refractivity contribution is 0.723.